The summed E-state index contributed by atoms with van der Waals surface area (Å²) in [7, 11) is 0. The van der Waals surface area contributed by atoms with Gasteiger partial charge in [0.2, 0.25) is 0 Å². The summed E-state index contributed by atoms with van der Waals surface area (Å²) in [6, 6.07) is 88.2. The van der Waals surface area contributed by atoms with Gasteiger partial charge in [0.25, 0.3) is 0 Å². The summed E-state index contributed by atoms with van der Waals surface area (Å²) in [5.41, 5.74) is 12.8. The molecule has 13 rings (SSSR count). The lowest BCUT2D eigenvalue weighted by atomic mass is 9.95. The molecule has 3 nitrogen and oxygen atoms in total. The van der Waals surface area contributed by atoms with E-state index in [2.05, 4.69) is 246 Å². The lowest BCUT2D eigenvalue weighted by Crippen LogP contribution is -2.11. The van der Waals surface area contributed by atoms with E-state index in [0.29, 0.717) is 0 Å². The van der Waals surface area contributed by atoms with Crippen LogP contribution >= 0.6 is 22.7 Å². The molecule has 0 amide bonds. The van der Waals surface area contributed by atoms with Gasteiger partial charge in [-0.25, -0.2) is 0 Å². The molecule has 0 bridgehead atoms. The minimum absolute atomic E-state index is 0.213. The Morgan fingerprint density at radius 1 is 0.261 bits per heavy atom. The summed E-state index contributed by atoms with van der Waals surface area (Å²) in [5, 5.41) is 19.4. The van der Waals surface area contributed by atoms with Gasteiger partial charge in [0.05, 0.1) is 26.5 Å². The van der Waals surface area contributed by atoms with Gasteiger partial charge in [-0.15, -0.1) is 22.7 Å². The zero-order chi connectivity index (χ0) is 45.8. The molecule has 1 N–H and O–H groups in total. The van der Waals surface area contributed by atoms with Crippen LogP contribution in [-0.2, 0) is 0 Å². The lowest BCUT2D eigenvalue weighted by molar-refractivity contribution is 0.477. The van der Waals surface area contributed by atoms with Gasteiger partial charge in [-0.05, 0) is 87.8 Å². The monoisotopic (exact) mass is 918 g/mol. The largest absolute Gasteiger partial charge is 0.507 e. The van der Waals surface area contributed by atoms with E-state index in [1.165, 1.54) is 62.6 Å². The van der Waals surface area contributed by atoms with E-state index in [4.69, 9.17) is 0 Å². The quantitative estimate of drug-likeness (QED) is 0.156. The highest BCUT2D eigenvalue weighted by Gasteiger charge is 2.24. The fourth-order valence-corrected chi connectivity index (χ4v) is 12.9. The second kappa shape index (κ2) is 17.0. The molecule has 0 atom stereocenters. The van der Waals surface area contributed by atoms with Crippen LogP contribution in [0.1, 0.15) is 0 Å². The van der Waals surface area contributed by atoms with Crippen molar-refractivity contribution in [3.63, 3.8) is 0 Å². The third kappa shape index (κ3) is 6.93. The Balaban J connectivity index is 0.947. The van der Waals surface area contributed by atoms with Crippen molar-refractivity contribution < 1.29 is 5.11 Å². The maximum atomic E-state index is 12.3. The Morgan fingerprint density at radius 2 is 0.681 bits per heavy atom. The number of fused-ring (bicyclic) bond motifs is 7. The van der Waals surface area contributed by atoms with Gasteiger partial charge < -0.3 is 14.9 Å². The van der Waals surface area contributed by atoms with Gasteiger partial charge in [-0.1, -0.05) is 188 Å². The zero-order valence-corrected chi connectivity index (χ0v) is 39.0. The molecule has 2 aromatic heterocycles. The number of nitrogens with zero attached hydrogens (tertiary/aromatic N) is 2. The van der Waals surface area contributed by atoms with Crippen molar-refractivity contribution in [1.82, 2.24) is 0 Å². The van der Waals surface area contributed by atoms with Crippen LogP contribution in [0.15, 0.2) is 249 Å². The number of benzene rings is 11. The molecule has 69 heavy (non-hydrogen) atoms. The third-order valence-electron chi connectivity index (χ3n) is 13.4. The normalized spacial score (nSPS) is 11.5. The van der Waals surface area contributed by atoms with Crippen LogP contribution in [0, 0.1) is 0 Å². The molecule has 0 unspecified atom stereocenters. The number of anilines is 6. The standard InChI is InChI=1S/C64H42N2OS2/c67-60-41-46(65(44-23-9-3-10-24-44)58-35-17-33-55-53-31-15-29-47(61(53)68-63(55)58)42-19-5-1-6-20-42)37-38-52(60)50-39-40-57(51-28-14-13-27-49(50)51)66(45-25-11-4-12-26-45)59-36-18-34-56-54-32-16-30-48(62(54)69-64(56)59)43-21-7-2-8-22-43/h1-41,67H. The van der Waals surface area contributed by atoms with E-state index >= 15 is 0 Å². The number of hydrogen-bond acceptors (Lipinski definition) is 5. The first-order valence-corrected chi connectivity index (χ1v) is 24.9. The maximum absolute atomic E-state index is 12.3. The third-order valence-corrected chi connectivity index (χ3v) is 15.9. The first kappa shape index (κ1) is 40.8. The summed E-state index contributed by atoms with van der Waals surface area (Å²) in [4.78, 5) is 4.68. The minimum Gasteiger partial charge on any atom is -0.507 e. The Kier molecular flexibility index (Phi) is 10.0. The summed E-state index contributed by atoms with van der Waals surface area (Å²) in [6.45, 7) is 0. The second-order valence-electron chi connectivity index (χ2n) is 17.3. The highest BCUT2D eigenvalue weighted by molar-refractivity contribution is 7.27. The van der Waals surface area contributed by atoms with Crippen molar-refractivity contribution >= 4 is 108 Å². The van der Waals surface area contributed by atoms with Crippen molar-refractivity contribution in [2.45, 2.75) is 0 Å². The number of thiophene rings is 2. The number of phenolic OH excluding ortho intramolecular Hbond substituents is 1. The van der Waals surface area contributed by atoms with Gasteiger partial charge in [0.1, 0.15) is 5.75 Å². The lowest BCUT2D eigenvalue weighted by Gasteiger charge is -2.28. The van der Waals surface area contributed by atoms with Crippen molar-refractivity contribution in [3.8, 4) is 39.1 Å². The molecule has 0 aliphatic heterocycles. The van der Waals surface area contributed by atoms with Crippen molar-refractivity contribution in [1.29, 1.82) is 0 Å². The van der Waals surface area contributed by atoms with Gasteiger partial charge >= 0.3 is 0 Å². The van der Waals surface area contributed by atoms with Crippen LogP contribution in [0.3, 0.4) is 0 Å². The number of rotatable bonds is 9. The van der Waals surface area contributed by atoms with Crippen molar-refractivity contribution in [2.75, 3.05) is 9.80 Å². The highest BCUT2D eigenvalue weighted by atomic mass is 32.1. The van der Waals surface area contributed by atoms with Crippen LogP contribution in [0.2, 0.25) is 0 Å². The molecule has 0 spiro atoms. The molecule has 2 heterocycles. The van der Waals surface area contributed by atoms with E-state index in [1.54, 1.807) is 0 Å². The summed E-state index contributed by atoms with van der Waals surface area (Å²) < 4.78 is 4.96. The predicted octanol–water partition coefficient (Wildman–Crippen LogP) is 19.2. The summed E-state index contributed by atoms with van der Waals surface area (Å²) in [5.74, 6) is 0.213. The smallest absolute Gasteiger partial charge is 0.125 e. The second-order valence-corrected chi connectivity index (χ2v) is 19.4. The van der Waals surface area contributed by atoms with Crippen LogP contribution in [0.4, 0.5) is 34.1 Å². The Labute approximate surface area is 408 Å². The molecule has 0 fully saturated rings. The molecular weight excluding hydrogens is 877 g/mol. The molecule has 0 radical (unpaired) electrons. The van der Waals surface area contributed by atoms with Crippen LogP contribution in [-0.4, -0.2) is 5.11 Å². The molecule has 0 saturated carbocycles. The summed E-state index contributed by atoms with van der Waals surface area (Å²) in [6.07, 6.45) is 0. The van der Waals surface area contributed by atoms with E-state index in [0.717, 1.165) is 56.0 Å². The fraction of sp³-hybridized carbons (Fsp3) is 0. The predicted molar refractivity (Wildman–Crippen MR) is 297 cm³/mol. The average molecular weight is 919 g/mol. The SMILES string of the molecule is Oc1cc(N(c2ccccc2)c2cccc3c2sc2c(-c4ccccc4)cccc23)ccc1-c1ccc(N(c2ccccc2)c2cccc3c2sc2c(-c4ccccc4)cccc23)c2ccccc12. The van der Waals surface area contributed by atoms with E-state index in [1.807, 2.05) is 34.8 Å². The molecule has 0 saturated heterocycles. The van der Waals surface area contributed by atoms with E-state index in [9.17, 15) is 5.11 Å². The first-order chi connectivity index (χ1) is 34.2. The molecule has 0 aliphatic rings. The summed E-state index contributed by atoms with van der Waals surface area (Å²) >= 11 is 3.68. The Morgan fingerprint density at radius 3 is 1.22 bits per heavy atom. The molecule has 326 valence electrons. The first-order valence-electron chi connectivity index (χ1n) is 23.2. The molecule has 5 heteroatoms. The van der Waals surface area contributed by atoms with Crippen LogP contribution in [0.5, 0.6) is 5.75 Å². The van der Waals surface area contributed by atoms with Crippen LogP contribution < -0.4 is 9.80 Å². The van der Waals surface area contributed by atoms with Crippen LogP contribution in [0.25, 0.3) is 84.5 Å². The molecular formula is C64H42N2OS2. The number of phenols is 1. The number of para-hydroxylation sites is 2. The minimum atomic E-state index is 0.213. The van der Waals surface area contributed by atoms with E-state index in [-0.39, 0.29) is 5.75 Å². The Hall–Kier alpha value is -8.48. The molecule has 0 aliphatic carbocycles. The zero-order valence-electron chi connectivity index (χ0n) is 37.3. The van der Waals surface area contributed by atoms with Gasteiger partial charge in [0.15, 0.2) is 0 Å². The maximum Gasteiger partial charge on any atom is 0.125 e. The topological polar surface area (TPSA) is 26.7 Å². The number of aromatic hydroxyl groups is 1. The van der Waals surface area contributed by atoms with Crippen molar-refractivity contribution in [3.05, 3.63) is 249 Å². The van der Waals surface area contributed by atoms with Gasteiger partial charge in [-0.3, -0.25) is 0 Å². The number of hydrogen-bond donors (Lipinski definition) is 1. The van der Waals surface area contributed by atoms with Crippen molar-refractivity contribution in [2.24, 2.45) is 0 Å². The van der Waals surface area contributed by atoms with Gasteiger partial charge in [0, 0.05) is 65.0 Å². The molecule has 11 aromatic carbocycles. The Bertz CT molecular complexity index is 4030. The molecule has 13 aromatic rings. The van der Waals surface area contributed by atoms with E-state index < -0.39 is 0 Å². The fourth-order valence-electron chi connectivity index (χ4n) is 10.2. The average Bonchev–Trinajstić information content (AvgIpc) is 4.00. The van der Waals surface area contributed by atoms with Gasteiger partial charge in [-0.2, -0.15) is 0 Å². The highest BCUT2D eigenvalue weighted by Crippen LogP contribution is 2.51.